The highest BCUT2D eigenvalue weighted by Gasteiger charge is 2.31. The van der Waals surface area contributed by atoms with Gasteiger partial charge in [-0.25, -0.2) is 9.97 Å². The van der Waals surface area contributed by atoms with Crippen LogP contribution in [0.3, 0.4) is 0 Å². The molecule has 3 rings (SSSR count). The van der Waals surface area contributed by atoms with E-state index in [2.05, 4.69) is 63.0 Å². The Morgan fingerprint density at radius 1 is 1.17 bits per heavy atom. The van der Waals surface area contributed by atoms with Gasteiger partial charge in [-0.1, -0.05) is 6.92 Å². The first-order chi connectivity index (χ1) is 14.1. The van der Waals surface area contributed by atoms with Crippen molar-refractivity contribution in [2.45, 2.75) is 39.8 Å². The number of aromatic nitrogens is 2. The van der Waals surface area contributed by atoms with Gasteiger partial charge in [0.05, 0.1) is 6.54 Å². The van der Waals surface area contributed by atoms with E-state index in [9.17, 15) is 0 Å². The van der Waals surface area contributed by atoms with E-state index in [0.717, 1.165) is 70.8 Å². The van der Waals surface area contributed by atoms with Crippen LogP contribution in [0.1, 0.15) is 27.7 Å². The molecule has 0 spiro atoms. The minimum atomic E-state index is 0. The fraction of sp³-hybridized carbons (Fsp3) is 0.762. The quantitative estimate of drug-likeness (QED) is 0.315. The second kappa shape index (κ2) is 12.6. The van der Waals surface area contributed by atoms with E-state index in [1.54, 1.807) is 0 Å². The second-order valence-electron chi connectivity index (χ2n) is 8.41. The van der Waals surface area contributed by atoms with Crippen LogP contribution in [0.5, 0.6) is 0 Å². The van der Waals surface area contributed by atoms with E-state index in [1.165, 1.54) is 0 Å². The van der Waals surface area contributed by atoms with Gasteiger partial charge in [-0.15, -0.1) is 24.0 Å². The molecular formula is C21H39IN8. The van der Waals surface area contributed by atoms with E-state index < -0.39 is 0 Å². The van der Waals surface area contributed by atoms with Gasteiger partial charge in [0.1, 0.15) is 0 Å². The molecule has 170 valence electrons. The molecule has 2 N–H and O–H groups in total. The molecule has 0 aromatic carbocycles. The molecule has 1 aromatic rings. The van der Waals surface area contributed by atoms with Crippen molar-refractivity contribution in [2.75, 3.05) is 63.8 Å². The normalized spacial score (nSPS) is 23.5. The van der Waals surface area contributed by atoms with Crippen molar-refractivity contribution in [3.8, 4) is 0 Å². The van der Waals surface area contributed by atoms with E-state index in [0.29, 0.717) is 18.0 Å². The van der Waals surface area contributed by atoms with Crippen LogP contribution in [0.25, 0.3) is 0 Å². The van der Waals surface area contributed by atoms with Gasteiger partial charge < -0.3 is 15.5 Å². The van der Waals surface area contributed by atoms with Crippen LogP contribution in [0.4, 0.5) is 5.95 Å². The molecule has 0 aliphatic carbocycles. The SMILES string of the molecule is CCNC(=NCCN1CCN(c2ncccn2)CC1)NC1CN(C(C)C)CC1C.I. The average molecular weight is 531 g/mol. The Morgan fingerprint density at radius 3 is 2.47 bits per heavy atom. The van der Waals surface area contributed by atoms with Gasteiger partial charge in [0.2, 0.25) is 5.95 Å². The van der Waals surface area contributed by atoms with Gasteiger partial charge in [0.15, 0.2) is 5.96 Å². The lowest BCUT2D eigenvalue weighted by Gasteiger charge is -2.34. The van der Waals surface area contributed by atoms with Crippen LogP contribution in [-0.2, 0) is 0 Å². The maximum atomic E-state index is 4.85. The van der Waals surface area contributed by atoms with Crippen molar-refractivity contribution in [3.05, 3.63) is 18.5 Å². The van der Waals surface area contributed by atoms with Crippen molar-refractivity contribution < 1.29 is 0 Å². The molecule has 2 saturated heterocycles. The highest BCUT2D eigenvalue weighted by atomic mass is 127. The van der Waals surface area contributed by atoms with Gasteiger partial charge in [-0.05, 0) is 32.8 Å². The van der Waals surface area contributed by atoms with Crippen molar-refractivity contribution in [1.29, 1.82) is 0 Å². The van der Waals surface area contributed by atoms with Gasteiger partial charge in [-0.2, -0.15) is 0 Å². The van der Waals surface area contributed by atoms with Crippen molar-refractivity contribution in [1.82, 2.24) is 30.4 Å². The summed E-state index contributed by atoms with van der Waals surface area (Å²) in [7, 11) is 0. The monoisotopic (exact) mass is 530 g/mol. The molecule has 2 aliphatic heterocycles. The standard InChI is InChI=1S/C21H38N8.HI/c1-5-22-20(26-19-16-29(17(2)3)15-18(19)4)23-9-10-27-11-13-28(14-12-27)21-24-7-6-8-25-21;/h6-8,17-19H,5,9-16H2,1-4H3,(H2,22,23,26);1H. The summed E-state index contributed by atoms with van der Waals surface area (Å²) in [5.41, 5.74) is 0. The van der Waals surface area contributed by atoms with E-state index >= 15 is 0 Å². The predicted octanol–water partition coefficient (Wildman–Crippen LogP) is 1.50. The zero-order chi connectivity index (χ0) is 20.6. The van der Waals surface area contributed by atoms with Crippen LogP contribution in [0.2, 0.25) is 0 Å². The number of hydrogen-bond acceptors (Lipinski definition) is 6. The number of halogens is 1. The van der Waals surface area contributed by atoms with Gasteiger partial charge in [-0.3, -0.25) is 14.8 Å². The highest BCUT2D eigenvalue weighted by molar-refractivity contribution is 14.0. The van der Waals surface area contributed by atoms with Crippen molar-refractivity contribution >= 4 is 35.9 Å². The maximum absolute atomic E-state index is 4.85. The van der Waals surface area contributed by atoms with Gasteiger partial charge >= 0.3 is 0 Å². The Labute approximate surface area is 198 Å². The number of piperazine rings is 1. The summed E-state index contributed by atoms with van der Waals surface area (Å²) in [6.45, 7) is 17.9. The second-order valence-corrected chi connectivity index (χ2v) is 8.41. The van der Waals surface area contributed by atoms with Crippen LogP contribution in [-0.4, -0.2) is 96.7 Å². The number of nitrogens with zero attached hydrogens (tertiary/aromatic N) is 6. The fourth-order valence-electron chi connectivity index (χ4n) is 4.04. The molecule has 0 radical (unpaired) electrons. The number of likely N-dealkylation sites (tertiary alicyclic amines) is 1. The molecule has 2 unspecified atom stereocenters. The van der Waals surface area contributed by atoms with E-state index in [1.807, 2.05) is 18.5 Å². The maximum Gasteiger partial charge on any atom is 0.225 e. The topological polar surface area (TPSA) is 71.9 Å². The van der Waals surface area contributed by atoms with E-state index in [4.69, 9.17) is 4.99 Å². The zero-order valence-corrected chi connectivity index (χ0v) is 21.2. The third-order valence-corrected chi connectivity index (χ3v) is 5.93. The molecule has 0 amide bonds. The summed E-state index contributed by atoms with van der Waals surface area (Å²) in [5, 5.41) is 7.09. The first kappa shape index (κ1) is 25.1. The Balaban J connectivity index is 0.00000320. The Morgan fingerprint density at radius 2 is 1.87 bits per heavy atom. The molecule has 9 heteroatoms. The van der Waals surface area contributed by atoms with Gasteiger partial charge in [0, 0.05) is 76.8 Å². The summed E-state index contributed by atoms with van der Waals surface area (Å²) in [4.78, 5) is 20.8. The largest absolute Gasteiger partial charge is 0.357 e. The van der Waals surface area contributed by atoms with Crippen LogP contribution in [0, 0.1) is 5.92 Å². The first-order valence-corrected chi connectivity index (χ1v) is 11.1. The number of nitrogens with one attached hydrogen (secondary N) is 2. The number of guanidine groups is 1. The van der Waals surface area contributed by atoms with Crippen LogP contribution in [0.15, 0.2) is 23.5 Å². The summed E-state index contributed by atoms with van der Waals surface area (Å²) in [6, 6.07) is 2.92. The Kier molecular flexibility index (Phi) is 10.5. The molecular weight excluding hydrogens is 491 g/mol. The summed E-state index contributed by atoms with van der Waals surface area (Å²) >= 11 is 0. The van der Waals surface area contributed by atoms with E-state index in [-0.39, 0.29) is 24.0 Å². The minimum Gasteiger partial charge on any atom is -0.357 e. The molecule has 0 saturated carbocycles. The Bertz CT molecular complexity index is 633. The number of anilines is 1. The molecule has 0 bridgehead atoms. The average Bonchev–Trinajstić information content (AvgIpc) is 3.10. The summed E-state index contributed by atoms with van der Waals surface area (Å²) < 4.78 is 0. The first-order valence-electron chi connectivity index (χ1n) is 11.1. The van der Waals surface area contributed by atoms with Crippen LogP contribution >= 0.6 is 24.0 Å². The lowest BCUT2D eigenvalue weighted by Crippen LogP contribution is -2.48. The predicted molar refractivity (Wildman–Crippen MR) is 135 cm³/mol. The highest BCUT2D eigenvalue weighted by Crippen LogP contribution is 2.18. The number of aliphatic imine (C=N–C) groups is 1. The van der Waals surface area contributed by atoms with Gasteiger partial charge in [0.25, 0.3) is 0 Å². The Hall–Kier alpha value is -1.20. The van der Waals surface area contributed by atoms with Crippen molar-refractivity contribution in [3.63, 3.8) is 0 Å². The molecule has 30 heavy (non-hydrogen) atoms. The smallest absolute Gasteiger partial charge is 0.225 e. The molecule has 2 atom stereocenters. The zero-order valence-electron chi connectivity index (χ0n) is 18.9. The minimum absolute atomic E-state index is 0. The number of rotatable bonds is 7. The fourth-order valence-corrected chi connectivity index (χ4v) is 4.04. The lowest BCUT2D eigenvalue weighted by atomic mass is 10.1. The molecule has 1 aromatic heterocycles. The summed E-state index contributed by atoms with van der Waals surface area (Å²) in [6.07, 6.45) is 3.62. The van der Waals surface area contributed by atoms with Crippen molar-refractivity contribution in [2.24, 2.45) is 10.9 Å². The number of hydrogen-bond donors (Lipinski definition) is 2. The molecule has 2 fully saturated rings. The third kappa shape index (κ3) is 7.19. The lowest BCUT2D eigenvalue weighted by molar-refractivity contribution is 0.263. The van der Waals surface area contributed by atoms with Crippen LogP contribution < -0.4 is 15.5 Å². The molecule has 3 heterocycles. The molecule has 8 nitrogen and oxygen atoms in total. The third-order valence-electron chi connectivity index (χ3n) is 5.93. The molecule has 2 aliphatic rings. The summed E-state index contributed by atoms with van der Waals surface area (Å²) in [5.74, 6) is 2.42.